The first kappa shape index (κ1) is 25.1. The summed E-state index contributed by atoms with van der Waals surface area (Å²) in [5.41, 5.74) is 2.85. The van der Waals surface area contributed by atoms with E-state index in [1.165, 1.54) is 0 Å². The lowest BCUT2D eigenvalue weighted by Gasteiger charge is -2.34. The Morgan fingerprint density at radius 3 is 2.76 bits per heavy atom. The second-order valence-corrected chi connectivity index (χ2v) is 10.3. The molecule has 194 valence electrons. The highest BCUT2D eigenvalue weighted by atomic mass is 16.6. The molecule has 11 nitrogen and oxygen atoms in total. The van der Waals surface area contributed by atoms with Crippen molar-refractivity contribution in [2.24, 2.45) is 0 Å². The van der Waals surface area contributed by atoms with Gasteiger partial charge in [-0.05, 0) is 58.7 Å². The summed E-state index contributed by atoms with van der Waals surface area (Å²) in [6, 6.07) is 7.58. The molecule has 11 heteroatoms. The zero-order chi connectivity index (χ0) is 26.9. The number of hydrogen-bond acceptors (Lipinski definition) is 9. The molecule has 1 aliphatic rings. The smallest absolute Gasteiger partial charge is 0.407 e. The second kappa shape index (κ2) is 10.0. The molecule has 0 spiro atoms. The number of piperidine rings is 1. The van der Waals surface area contributed by atoms with Crippen molar-refractivity contribution in [2.45, 2.75) is 52.2 Å². The summed E-state index contributed by atoms with van der Waals surface area (Å²) in [5.74, 6) is 1.13. The Hall–Kier alpha value is -4.59. The predicted molar refractivity (Wildman–Crippen MR) is 142 cm³/mol. The van der Waals surface area contributed by atoms with Gasteiger partial charge in [0.25, 0.3) is 0 Å². The molecular formula is C27H29N9O2. The van der Waals surface area contributed by atoms with Gasteiger partial charge in [-0.1, -0.05) is 0 Å². The topological polar surface area (TPSA) is 135 Å². The number of hydrogen-bond donors (Lipinski definition) is 1. The Bertz CT molecular complexity index is 1530. The standard InChI is InChI=1S/C27H29N9O2/c1-17-12-29-15-22(32-17)21-10-23-19(13-30-21)14-31-36(23)24-8-7-18(11-28)25(34-24)35-9-5-6-20(16-35)33-26(37)38-27(2,3)4/h7-8,10,12-15,20H,5-6,9,16H2,1-4H3,(H,33,37)/t20-/m0/s1. The maximum atomic E-state index is 12.3. The van der Waals surface area contributed by atoms with Crippen LogP contribution in [0.1, 0.15) is 44.9 Å². The van der Waals surface area contributed by atoms with Crippen LogP contribution >= 0.6 is 0 Å². The van der Waals surface area contributed by atoms with Gasteiger partial charge in [0, 0.05) is 36.9 Å². The minimum Gasteiger partial charge on any atom is -0.444 e. The molecule has 1 fully saturated rings. The van der Waals surface area contributed by atoms with E-state index < -0.39 is 11.7 Å². The summed E-state index contributed by atoms with van der Waals surface area (Å²) in [7, 11) is 0. The first-order chi connectivity index (χ1) is 18.2. The number of rotatable bonds is 4. The van der Waals surface area contributed by atoms with Crippen molar-refractivity contribution in [3.63, 3.8) is 0 Å². The number of nitrogens with one attached hydrogen (secondary N) is 1. The van der Waals surface area contributed by atoms with Gasteiger partial charge in [-0.3, -0.25) is 9.97 Å². The molecule has 1 amide bonds. The Morgan fingerprint density at radius 2 is 2.00 bits per heavy atom. The molecule has 0 unspecified atom stereocenters. The lowest BCUT2D eigenvalue weighted by atomic mass is 10.1. The van der Waals surface area contributed by atoms with Crippen molar-refractivity contribution in [2.75, 3.05) is 18.0 Å². The van der Waals surface area contributed by atoms with Crippen LogP contribution in [0.5, 0.6) is 0 Å². The fraction of sp³-hybridized carbons (Fsp3) is 0.370. The van der Waals surface area contributed by atoms with Crippen molar-refractivity contribution in [3.8, 4) is 23.3 Å². The first-order valence-corrected chi connectivity index (χ1v) is 12.5. The van der Waals surface area contributed by atoms with Crippen molar-refractivity contribution >= 4 is 22.8 Å². The largest absolute Gasteiger partial charge is 0.444 e. The molecule has 0 saturated carbocycles. The molecule has 0 bridgehead atoms. The lowest BCUT2D eigenvalue weighted by Crippen LogP contribution is -2.49. The zero-order valence-corrected chi connectivity index (χ0v) is 21.8. The average Bonchev–Trinajstić information content (AvgIpc) is 3.30. The average molecular weight is 512 g/mol. The summed E-state index contributed by atoms with van der Waals surface area (Å²) in [6.45, 7) is 8.62. The highest BCUT2D eigenvalue weighted by molar-refractivity contribution is 5.82. The van der Waals surface area contributed by atoms with Crippen LogP contribution in [0.15, 0.2) is 43.0 Å². The van der Waals surface area contributed by atoms with Crippen LogP contribution < -0.4 is 10.2 Å². The molecule has 1 aliphatic heterocycles. The van der Waals surface area contributed by atoms with Gasteiger partial charge in [0.2, 0.25) is 0 Å². The maximum Gasteiger partial charge on any atom is 0.407 e. The van der Waals surface area contributed by atoms with Gasteiger partial charge in [0.15, 0.2) is 5.82 Å². The van der Waals surface area contributed by atoms with Crippen molar-refractivity contribution in [3.05, 3.63) is 54.2 Å². The summed E-state index contributed by atoms with van der Waals surface area (Å²) >= 11 is 0. The SMILES string of the molecule is Cc1cncc(-c2cc3c(cn2)cnn3-c2ccc(C#N)c(N3CCC[C@H](NC(=O)OC(C)(C)C)C3)n2)n1. The first-order valence-electron chi connectivity index (χ1n) is 12.5. The third kappa shape index (κ3) is 5.39. The van der Waals surface area contributed by atoms with Crippen molar-refractivity contribution in [1.29, 1.82) is 5.26 Å². The number of alkyl carbamates (subject to hydrolysis) is 1. The fourth-order valence-electron chi connectivity index (χ4n) is 4.48. The monoisotopic (exact) mass is 511 g/mol. The predicted octanol–water partition coefficient (Wildman–Crippen LogP) is 3.95. The van der Waals surface area contributed by atoms with Crippen molar-refractivity contribution in [1.82, 2.24) is 35.0 Å². The van der Waals surface area contributed by atoms with E-state index in [0.29, 0.717) is 35.1 Å². The van der Waals surface area contributed by atoms with Crippen molar-refractivity contribution < 1.29 is 9.53 Å². The number of aryl methyl sites for hydroxylation is 1. The quantitative estimate of drug-likeness (QED) is 0.432. The third-order valence-electron chi connectivity index (χ3n) is 6.11. The minimum absolute atomic E-state index is 0.120. The molecule has 1 N–H and O–H groups in total. The number of pyridine rings is 2. The van der Waals surface area contributed by atoms with Crippen LogP contribution in [0.4, 0.5) is 10.6 Å². The van der Waals surface area contributed by atoms with Crippen LogP contribution in [-0.4, -0.2) is 60.5 Å². The fourth-order valence-corrected chi connectivity index (χ4v) is 4.48. The number of ether oxygens (including phenoxy) is 1. The lowest BCUT2D eigenvalue weighted by molar-refractivity contribution is 0.0500. The number of aromatic nitrogens is 6. The molecule has 1 saturated heterocycles. The van der Waals surface area contributed by atoms with E-state index >= 15 is 0 Å². The second-order valence-electron chi connectivity index (χ2n) is 10.3. The summed E-state index contributed by atoms with van der Waals surface area (Å²) in [4.78, 5) is 32.5. The van der Waals surface area contributed by atoms with E-state index in [0.717, 1.165) is 36.0 Å². The molecule has 0 radical (unpaired) electrons. The Labute approximate surface area is 220 Å². The Kier molecular flexibility index (Phi) is 6.63. The van der Waals surface area contributed by atoms with Gasteiger partial charge >= 0.3 is 6.09 Å². The number of carbonyl (C=O) groups is 1. The van der Waals surface area contributed by atoms with E-state index in [-0.39, 0.29) is 6.04 Å². The molecule has 1 atom stereocenters. The maximum absolute atomic E-state index is 12.3. The number of amides is 1. The molecule has 4 aromatic heterocycles. The van der Waals surface area contributed by atoms with E-state index in [4.69, 9.17) is 9.72 Å². The van der Waals surface area contributed by atoms with Crippen LogP contribution in [0.2, 0.25) is 0 Å². The van der Waals surface area contributed by atoms with E-state index in [9.17, 15) is 10.1 Å². The Morgan fingerprint density at radius 1 is 1.16 bits per heavy atom. The molecule has 38 heavy (non-hydrogen) atoms. The van der Waals surface area contributed by atoms with Gasteiger partial charge < -0.3 is 15.0 Å². The Balaban J connectivity index is 1.45. The summed E-state index contributed by atoms with van der Waals surface area (Å²) in [6.07, 6.45) is 8.07. The van der Waals surface area contributed by atoms with E-state index in [1.54, 1.807) is 41.6 Å². The van der Waals surface area contributed by atoms with Crippen LogP contribution in [-0.2, 0) is 4.74 Å². The molecular weight excluding hydrogens is 482 g/mol. The number of carbonyl (C=O) groups excluding carboxylic acids is 1. The van der Waals surface area contributed by atoms with Crippen LogP contribution in [0.3, 0.4) is 0 Å². The molecule has 0 aliphatic carbocycles. The highest BCUT2D eigenvalue weighted by Crippen LogP contribution is 2.26. The number of fused-ring (bicyclic) bond motifs is 1. The van der Waals surface area contributed by atoms with Gasteiger partial charge in [0.05, 0.1) is 34.9 Å². The molecule has 5 rings (SSSR count). The number of anilines is 1. The normalized spacial score (nSPS) is 15.8. The molecule has 5 heterocycles. The molecule has 4 aromatic rings. The van der Waals surface area contributed by atoms with Gasteiger partial charge in [-0.25, -0.2) is 19.4 Å². The highest BCUT2D eigenvalue weighted by Gasteiger charge is 2.26. The van der Waals surface area contributed by atoms with Gasteiger partial charge in [-0.2, -0.15) is 10.4 Å². The van der Waals surface area contributed by atoms with Crippen LogP contribution in [0, 0.1) is 18.3 Å². The third-order valence-corrected chi connectivity index (χ3v) is 6.11. The van der Waals surface area contributed by atoms with Gasteiger partial charge in [-0.15, -0.1) is 0 Å². The van der Waals surface area contributed by atoms with Gasteiger partial charge in [0.1, 0.15) is 23.2 Å². The minimum atomic E-state index is -0.573. The molecule has 0 aromatic carbocycles. The van der Waals surface area contributed by atoms with Crippen LogP contribution in [0.25, 0.3) is 28.1 Å². The number of nitrogens with zero attached hydrogens (tertiary/aromatic N) is 8. The summed E-state index contributed by atoms with van der Waals surface area (Å²) in [5, 5.41) is 18.2. The number of nitriles is 1. The zero-order valence-electron chi connectivity index (χ0n) is 21.8. The van der Waals surface area contributed by atoms with E-state index in [1.807, 2.05) is 38.7 Å². The summed E-state index contributed by atoms with van der Waals surface area (Å²) < 4.78 is 7.15. The van der Waals surface area contributed by atoms with E-state index in [2.05, 4.69) is 31.4 Å².